The average Bonchev–Trinajstić information content (AvgIpc) is 2.27. The molecule has 2 N–H and O–H groups in total. The van der Waals surface area contributed by atoms with Gasteiger partial charge in [0.2, 0.25) is 0 Å². The van der Waals surface area contributed by atoms with Crippen LogP contribution in [0.15, 0.2) is 48.5 Å². The van der Waals surface area contributed by atoms with Crippen LogP contribution in [0, 0.1) is 0 Å². The molecule has 2 rings (SSSR count). The number of hydrogen-bond donors (Lipinski definition) is 1. The lowest BCUT2D eigenvalue weighted by Crippen LogP contribution is -2.17. The molecule has 0 amide bonds. The Hall–Kier alpha value is -2.17. The van der Waals surface area contributed by atoms with E-state index in [9.17, 15) is 13.2 Å². The van der Waals surface area contributed by atoms with E-state index >= 15 is 0 Å². The fourth-order valence-corrected chi connectivity index (χ4v) is 1.79. The van der Waals surface area contributed by atoms with Crippen molar-refractivity contribution in [3.05, 3.63) is 59.7 Å². The van der Waals surface area contributed by atoms with Gasteiger partial charge in [0.25, 0.3) is 0 Å². The van der Waals surface area contributed by atoms with Gasteiger partial charge < -0.3 is 10.5 Å². The normalized spacial score (nSPS) is 11.3. The summed E-state index contributed by atoms with van der Waals surface area (Å²) in [6.45, 7) is 0. The molecule has 0 heterocycles. The molecule has 5 heteroatoms. The summed E-state index contributed by atoms with van der Waals surface area (Å²) in [4.78, 5) is 0. The summed E-state index contributed by atoms with van der Waals surface area (Å²) < 4.78 is 40.2. The number of nitrogens with two attached hydrogens (primary N) is 1. The van der Waals surface area contributed by atoms with Crippen LogP contribution >= 0.6 is 0 Å². The number of alkyl halides is 3. The van der Waals surface area contributed by atoms with Crippen molar-refractivity contribution in [3.63, 3.8) is 0 Å². The molecule has 0 aliphatic rings. The molecule has 0 saturated heterocycles. The number of halogens is 3. The van der Waals surface area contributed by atoms with E-state index in [2.05, 4.69) is 4.74 Å². The van der Waals surface area contributed by atoms with Gasteiger partial charge in [-0.1, -0.05) is 24.3 Å². The average molecular weight is 267 g/mol. The zero-order chi connectivity index (χ0) is 13.9. The van der Waals surface area contributed by atoms with E-state index in [0.29, 0.717) is 12.1 Å². The molecule has 0 saturated carbocycles. The maximum Gasteiger partial charge on any atom is 0.573 e. The highest BCUT2D eigenvalue weighted by molar-refractivity contribution is 5.42. The zero-order valence-corrected chi connectivity index (χ0v) is 9.95. The van der Waals surface area contributed by atoms with Crippen molar-refractivity contribution in [2.75, 3.05) is 5.73 Å². The quantitative estimate of drug-likeness (QED) is 0.859. The number of anilines is 1. The second kappa shape index (κ2) is 5.22. The van der Waals surface area contributed by atoms with E-state index in [4.69, 9.17) is 5.73 Å². The first-order chi connectivity index (χ1) is 8.92. The highest BCUT2D eigenvalue weighted by Gasteiger charge is 2.31. The summed E-state index contributed by atoms with van der Waals surface area (Å²) in [6, 6.07) is 13.1. The Labute approximate surface area is 108 Å². The van der Waals surface area contributed by atoms with E-state index in [1.807, 2.05) is 6.07 Å². The van der Waals surface area contributed by atoms with Crippen LogP contribution in [-0.4, -0.2) is 6.36 Å². The van der Waals surface area contributed by atoms with E-state index in [1.165, 1.54) is 18.2 Å². The zero-order valence-electron chi connectivity index (χ0n) is 9.95. The van der Waals surface area contributed by atoms with Gasteiger partial charge in [-0.25, -0.2) is 0 Å². The molecule has 0 aromatic heterocycles. The second-order valence-electron chi connectivity index (χ2n) is 4.12. The molecule has 2 aromatic rings. The van der Waals surface area contributed by atoms with Crippen molar-refractivity contribution in [1.82, 2.24) is 0 Å². The van der Waals surface area contributed by atoms with Crippen molar-refractivity contribution in [2.45, 2.75) is 12.8 Å². The van der Waals surface area contributed by atoms with Gasteiger partial charge in [0, 0.05) is 5.69 Å². The molecule has 2 nitrogen and oxygen atoms in total. The van der Waals surface area contributed by atoms with E-state index < -0.39 is 6.36 Å². The Kier molecular flexibility index (Phi) is 3.64. The lowest BCUT2D eigenvalue weighted by molar-refractivity contribution is -0.274. The first-order valence-electron chi connectivity index (χ1n) is 5.61. The fraction of sp³-hybridized carbons (Fsp3) is 0.143. The Bertz CT molecular complexity index is 567. The van der Waals surface area contributed by atoms with Gasteiger partial charge in [0.1, 0.15) is 5.75 Å². The predicted molar refractivity (Wildman–Crippen MR) is 66.8 cm³/mol. The minimum atomic E-state index is -4.67. The van der Waals surface area contributed by atoms with Crippen LogP contribution in [0.25, 0.3) is 0 Å². The fourth-order valence-electron chi connectivity index (χ4n) is 1.79. The molecule has 0 atom stereocenters. The van der Waals surface area contributed by atoms with Crippen molar-refractivity contribution in [3.8, 4) is 5.75 Å². The van der Waals surface area contributed by atoms with Crippen LogP contribution in [0.1, 0.15) is 11.1 Å². The largest absolute Gasteiger partial charge is 0.573 e. The van der Waals surface area contributed by atoms with Gasteiger partial charge in [0.15, 0.2) is 0 Å². The van der Waals surface area contributed by atoms with E-state index in [1.54, 1.807) is 24.3 Å². The van der Waals surface area contributed by atoms with Crippen LogP contribution < -0.4 is 10.5 Å². The first kappa shape index (κ1) is 13.3. The Morgan fingerprint density at radius 2 is 1.58 bits per heavy atom. The molecular formula is C14H12F3NO. The summed E-state index contributed by atoms with van der Waals surface area (Å²) in [5.74, 6) is -0.214. The molecule has 0 aliphatic carbocycles. The lowest BCUT2D eigenvalue weighted by atomic mass is 10.0. The van der Waals surface area contributed by atoms with Crippen LogP contribution in [0.3, 0.4) is 0 Å². The van der Waals surface area contributed by atoms with Crippen LogP contribution in [-0.2, 0) is 6.42 Å². The Morgan fingerprint density at radius 1 is 0.947 bits per heavy atom. The Morgan fingerprint density at radius 3 is 2.21 bits per heavy atom. The molecule has 0 aliphatic heterocycles. The number of rotatable bonds is 3. The van der Waals surface area contributed by atoms with Crippen molar-refractivity contribution in [1.29, 1.82) is 0 Å². The summed E-state index contributed by atoms with van der Waals surface area (Å²) in [5, 5.41) is 0. The van der Waals surface area contributed by atoms with Gasteiger partial charge in [-0.3, -0.25) is 0 Å². The van der Waals surface area contributed by atoms with Crippen LogP contribution in [0.4, 0.5) is 18.9 Å². The maximum atomic E-state index is 12.1. The van der Waals surface area contributed by atoms with Gasteiger partial charge in [0.05, 0.1) is 0 Å². The topological polar surface area (TPSA) is 35.2 Å². The standard InChI is InChI=1S/C14H12F3NO/c15-14(16,17)19-13-6-2-4-11(9-13)7-10-3-1-5-12(18)8-10/h1-6,8-9H,7,18H2. The first-order valence-corrected chi connectivity index (χ1v) is 5.61. The Balaban J connectivity index is 2.15. The van der Waals surface area contributed by atoms with Gasteiger partial charge in [-0.15, -0.1) is 13.2 Å². The minimum absolute atomic E-state index is 0.214. The van der Waals surface area contributed by atoms with Gasteiger partial charge in [-0.2, -0.15) is 0 Å². The van der Waals surface area contributed by atoms with Crippen LogP contribution in [0.2, 0.25) is 0 Å². The van der Waals surface area contributed by atoms with Crippen molar-refractivity contribution < 1.29 is 17.9 Å². The van der Waals surface area contributed by atoms with Crippen molar-refractivity contribution >= 4 is 5.69 Å². The minimum Gasteiger partial charge on any atom is -0.406 e. The third-order valence-electron chi connectivity index (χ3n) is 2.49. The molecule has 0 unspecified atom stereocenters. The van der Waals surface area contributed by atoms with Crippen LogP contribution in [0.5, 0.6) is 5.75 Å². The third kappa shape index (κ3) is 4.21. The van der Waals surface area contributed by atoms with E-state index in [-0.39, 0.29) is 5.75 Å². The molecule has 0 fully saturated rings. The highest BCUT2D eigenvalue weighted by Crippen LogP contribution is 2.24. The molecular weight excluding hydrogens is 255 g/mol. The summed E-state index contributed by atoms with van der Waals surface area (Å²) in [6.07, 6.45) is -4.17. The van der Waals surface area contributed by atoms with Crippen molar-refractivity contribution in [2.24, 2.45) is 0 Å². The van der Waals surface area contributed by atoms with E-state index in [0.717, 1.165) is 11.1 Å². The number of hydrogen-bond acceptors (Lipinski definition) is 2. The SMILES string of the molecule is Nc1cccc(Cc2cccc(OC(F)(F)F)c2)c1. The monoisotopic (exact) mass is 267 g/mol. The van der Waals surface area contributed by atoms with Gasteiger partial charge >= 0.3 is 6.36 Å². The molecule has 100 valence electrons. The third-order valence-corrected chi connectivity index (χ3v) is 2.49. The smallest absolute Gasteiger partial charge is 0.406 e. The number of ether oxygens (including phenoxy) is 1. The molecule has 0 radical (unpaired) electrons. The maximum absolute atomic E-state index is 12.1. The molecule has 2 aromatic carbocycles. The number of benzene rings is 2. The summed E-state index contributed by atoms with van der Waals surface area (Å²) in [7, 11) is 0. The lowest BCUT2D eigenvalue weighted by Gasteiger charge is -2.10. The molecule has 0 spiro atoms. The molecule has 0 bridgehead atoms. The highest BCUT2D eigenvalue weighted by atomic mass is 19.4. The number of nitrogen functional groups attached to an aromatic ring is 1. The predicted octanol–water partition coefficient (Wildman–Crippen LogP) is 3.76. The second-order valence-corrected chi connectivity index (χ2v) is 4.12. The summed E-state index contributed by atoms with van der Waals surface area (Å²) >= 11 is 0. The molecule has 19 heavy (non-hydrogen) atoms. The summed E-state index contributed by atoms with van der Waals surface area (Å²) in [5.41, 5.74) is 7.94. The van der Waals surface area contributed by atoms with Gasteiger partial charge in [-0.05, 0) is 41.8 Å².